The van der Waals surface area contributed by atoms with E-state index in [9.17, 15) is 23.8 Å². The molecule has 0 amide bonds. The summed E-state index contributed by atoms with van der Waals surface area (Å²) in [6, 6.07) is 5.70. The summed E-state index contributed by atoms with van der Waals surface area (Å²) in [5.41, 5.74) is -0.0179. The highest BCUT2D eigenvalue weighted by molar-refractivity contribution is 6.01. The molecule has 5 heterocycles. The first-order chi connectivity index (χ1) is 22.2. The third-order valence-electron chi connectivity index (χ3n) is 10.7. The lowest BCUT2D eigenvalue weighted by molar-refractivity contribution is -0.139. The van der Waals surface area contributed by atoms with Crippen molar-refractivity contribution in [2.75, 3.05) is 37.7 Å². The van der Waals surface area contributed by atoms with Gasteiger partial charge < -0.3 is 19.8 Å². The molecule has 4 aliphatic rings. The van der Waals surface area contributed by atoms with Crippen molar-refractivity contribution in [2.24, 2.45) is 17.8 Å². The van der Waals surface area contributed by atoms with Gasteiger partial charge in [0, 0.05) is 37.8 Å². The largest absolute Gasteiger partial charge is 0.508 e. The van der Waals surface area contributed by atoms with Gasteiger partial charge in [-0.3, -0.25) is 14.7 Å². The Hall–Kier alpha value is -4.19. The number of aromatic hydroxyl groups is 1. The predicted molar refractivity (Wildman–Crippen MR) is 165 cm³/mol. The van der Waals surface area contributed by atoms with Crippen molar-refractivity contribution < 1.29 is 32.9 Å². The van der Waals surface area contributed by atoms with E-state index < -0.39 is 35.2 Å². The van der Waals surface area contributed by atoms with E-state index in [1.165, 1.54) is 24.4 Å². The molecular formula is C34H34F3N5O4. The molecule has 12 heteroatoms. The van der Waals surface area contributed by atoms with E-state index in [-0.39, 0.29) is 47.0 Å². The van der Waals surface area contributed by atoms with Crippen molar-refractivity contribution >= 4 is 33.5 Å². The fraction of sp³-hybridized carbons (Fsp3) is 0.471. The predicted octanol–water partition coefficient (Wildman–Crippen LogP) is 5.50. The Bertz CT molecular complexity index is 1910. The minimum absolute atomic E-state index is 0.0374. The second kappa shape index (κ2) is 10.7. The fourth-order valence-corrected chi connectivity index (χ4v) is 8.49. The molecule has 2 N–H and O–H groups in total. The molecular weight excluding hydrogens is 599 g/mol. The van der Waals surface area contributed by atoms with Gasteiger partial charge in [0.15, 0.2) is 5.82 Å². The number of phenolic OH excluding ortho intramolecular Hbond substituents is 1. The number of hydrogen-bond acceptors (Lipinski definition) is 8. The molecule has 1 saturated carbocycles. The van der Waals surface area contributed by atoms with Crippen LogP contribution in [0.4, 0.5) is 19.0 Å². The maximum Gasteiger partial charge on any atom is 0.319 e. The van der Waals surface area contributed by atoms with Crippen molar-refractivity contribution in [1.82, 2.24) is 19.9 Å². The van der Waals surface area contributed by atoms with Crippen LogP contribution in [-0.2, 0) is 11.2 Å². The minimum Gasteiger partial charge on any atom is -0.508 e. The number of carboxylic acid groups (broad SMARTS) is 1. The smallest absolute Gasteiger partial charge is 0.319 e. The number of ether oxygens (including phenoxy) is 1. The number of halogens is 3. The van der Waals surface area contributed by atoms with Gasteiger partial charge in [0.1, 0.15) is 41.4 Å². The SMILES string of the molecule is CCc1c(F)ccc2cc(O)cc(-c3ncc4c(N5CC[C@H]6[C@@H](C5)[C@H]6C(=O)O)nc(OC[C@@]56CCCN5C[C@H](F)C6)nc4c3F)c12. The number of carbonyl (C=O) groups is 1. The zero-order chi connectivity index (χ0) is 31.9. The van der Waals surface area contributed by atoms with Crippen LogP contribution in [0.5, 0.6) is 11.8 Å². The van der Waals surface area contributed by atoms with Crippen LogP contribution in [0.15, 0.2) is 30.5 Å². The molecule has 0 unspecified atom stereocenters. The third kappa shape index (κ3) is 4.55. The number of piperidine rings is 1. The number of rotatable bonds is 7. The van der Waals surface area contributed by atoms with Gasteiger partial charge in [0.25, 0.3) is 0 Å². The lowest BCUT2D eigenvalue weighted by atomic mass is 9.94. The molecule has 4 aromatic rings. The average Bonchev–Trinajstić information content (AvgIpc) is 3.51. The summed E-state index contributed by atoms with van der Waals surface area (Å²) in [6.45, 7) is 4.07. The molecule has 5 atom stereocenters. The first-order valence-electron chi connectivity index (χ1n) is 16.0. The van der Waals surface area contributed by atoms with E-state index in [2.05, 4.69) is 14.9 Å². The van der Waals surface area contributed by atoms with Crippen LogP contribution in [0.3, 0.4) is 0 Å². The second-order valence-corrected chi connectivity index (χ2v) is 13.3. The molecule has 0 bridgehead atoms. The number of aliphatic carboxylic acids is 1. The summed E-state index contributed by atoms with van der Waals surface area (Å²) in [5.74, 6) is -2.09. The van der Waals surface area contributed by atoms with Crippen molar-refractivity contribution in [3.8, 4) is 23.0 Å². The molecule has 0 spiro atoms. The lowest BCUT2D eigenvalue weighted by Crippen LogP contribution is -2.43. The number of benzene rings is 2. The standard InChI is InChI=1S/C34H34F3N5O4/c1-2-20-25(36)5-4-17-10-19(43)11-22(26(17)20)29-28(37)30-23(13-38-29)31(41-9-6-21-24(15-41)27(21)32(44)45)40-33(39-30)46-16-34-7-3-8-42(34)14-18(35)12-34/h4-5,10-11,13,18,21,24,27,43H,2-3,6-9,12,14-16H2,1H3,(H,44,45)/t18-,21+,24-,27+,34+/m1/s1. The summed E-state index contributed by atoms with van der Waals surface area (Å²) in [7, 11) is 0. The first-order valence-corrected chi connectivity index (χ1v) is 16.0. The number of alkyl halides is 1. The van der Waals surface area contributed by atoms with Crippen molar-refractivity contribution in [2.45, 2.75) is 50.7 Å². The fourth-order valence-electron chi connectivity index (χ4n) is 8.49. The highest BCUT2D eigenvalue weighted by atomic mass is 19.1. The van der Waals surface area contributed by atoms with Crippen LogP contribution >= 0.6 is 0 Å². The molecule has 2 aromatic heterocycles. The number of fused-ring (bicyclic) bond motifs is 4. The molecule has 2 aromatic carbocycles. The van der Waals surface area contributed by atoms with Crippen LogP contribution in [-0.4, -0.2) is 80.5 Å². The Morgan fingerprint density at radius 3 is 2.80 bits per heavy atom. The van der Waals surface area contributed by atoms with Crippen LogP contribution in [0.2, 0.25) is 0 Å². The Labute approximate surface area is 263 Å². The highest BCUT2D eigenvalue weighted by Gasteiger charge is 2.57. The van der Waals surface area contributed by atoms with Gasteiger partial charge in [0.05, 0.1) is 16.8 Å². The van der Waals surface area contributed by atoms with Gasteiger partial charge in [-0.25, -0.2) is 13.2 Å². The first kappa shape index (κ1) is 29.2. The van der Waals surface area contributed by atoms with E-state index in [4.69, 9.17) is 9.72 Å². The topological polar surface area (TPSA) is 112 Å². The molecule has 9 nitrogen and oxygen atoms in total. The molecule has 3 aliphatic heterocycles. The number of aromatic nitrogens is 3. The summed E-state index contributed by atoms with van der Waals surface area (Å²) in [6.07, 6.45) is 3.60. The Kier molecular flexibility index (Phi) is 6.79. The van der Waals surface area contributed by atoms with Gasteiger partial charge in [-0.15, -0.1) is 0 Å². The Morgan fingerprint density at radius 2 is 2.00 bits per heavy atom. The van der Waals surface area contributed by atoms with Crippen LogP contribution in [0.25, 0.3) is 32.9 Å². The lowest BCUT2D eigenvalue weighted by Gasteiger charge is -2.31. The Balaban J connectivity index is 1.25. The zero-order valence-corrected chi connectivity index (χ0v) is 25.3. The molecule has 3 saturated heterocycles. The number of hydrogen-bond donors (Lipinski definition) is 2. The van der Waals surface area contributed by atoms with Crippen LogP contribution < -0.4 is 9.64 Å². The number of phenols is 1. The van der Waals surface area contributed by atoms with Crippen LogP contribution in [0, 0.1) is 29.4 Å². The van der Waals surface area contributed by atoms with E-state index in [0.717, 1.165) is 19.4 Å². The Morgan fingerprint density at radius 1 is 1.15 bits per heavy atom. The molecule has 240 valence electrons. The van der Waals surface area contributed by atoms with Gasteiger partial charge in [-0.05, 0) is 78.6 Å². The number of anilines is 1. The number of carboxylic acids is 1. The highest BCUT2D eigenvalue weighted by Crippen LogP contribution is 2.52. The normalized spacial score (nSPS) is 27.3. The number of aryl methyl sites for hydroxylation is 1. The van der Waals surface area contributed by atoms with Gasteiger partial charge in [-0.2, -0.15) is 9.97 Å². The van der Waals surface area contributed by atoms with Gasteiger partial charge in [-0.1, -0.05) is 13.0 Å². The maximum absolute atomic E-state index is 16.8. The quantitative estimate of drug-likeness (QED) is 0.272. The maximum atomic E-state index is 16.8. The van der Waals surface area contributed by atoms with E-state index in [1.807, 2.05) is 4.90 Å². The van der Waals surface area contributed by atoms with E-state index >= 15 is 4.39 Å². The summed E-state index contributed by atoms with van der Waals surface area (Å²) in [5, 5.41) is 21.5. The molecule has 1 aliphatic carbocycles. The molecule has 4 fully saturated rings. The second-order valence-electron chi connectivity index (χ2n) is 13.3. The average molecular weight is 634 g/mol. The third-order valence-corrected chi connectivity index (χ3v) is 10.7. The van der Waals surface area contributed by atoms with Crippen molar-refractivity contribution in [3.05, 3.63) is 47.7 Å². The van der Waals surface area contributed by atoms with Crippen molar-refractivity contribution in [1.29, 1.82) is 0 Å². The van der Waals surface area contributed by atoms with E-state index in [1.54, 1.807) is 13.0 Å². The zero-order valence-electron chi connectivity index (χ0n) is 25.3. The molecule has 46 heavy (non-hydrogen) atoms. The summed E-state index contributed by atoms with van der Waals surface area (Å²) < 4.78 is 52.4. The monoisotopic (exact) mass is 633 g/mol. The van der Waals surface area contributed by atoms with Crippen LogP contribution in [0.1, 0.15) is 38.2 Å². The summed E-state index contributed by atoms with van der Waals surface area (Å²) in [4.78, 5) is 29.6. The summed E-state index contributed by atoms with van der Waals surface area (Å²) >= 11 is 0. The molecule has 0 radical (unpaired) electrons. The number of pyridine rings is 1. The van der Waals surface area contributed by atoms with E-state index in [0.29, 0.717) is 66.4 Å². The van der Waals surface area contributed by atoms with Gasteiger partial charge >= 0.3 is 12.0 Å². The number of nitrogens with zero attached hydrogens (tertiary/aromatic N) is 5. The van der Waals surface area contributed by atoms with Gasteiger partial charge in [0.2, 0.25) is 0 Å². The minimum atomic E-state index is -0.944. The van der Waals surface area contributed by atoms with Crippen molar-refractivity contribution in [3.63, 3.8) is 0 Å². The molecule has 8 rings (SSSR count).